The number of para-hydroxylation sites is 1. The zero-order chi connectivity index (χ0) is 25.9. The van der Waals surface area contributed by atoms with Crippen molar-refractivity contribution in [1.82, 2.24) is 5.32 Å². The van der Waals surface area contributed by atoms with Crippen LogP contribution in [0.2, 0.25) is 0 Å². The maximum atomic E-state index is 12.3. The van der Waals surface area contributed by atoms with Crippen LogP contribution in [0, 0.1) is 13.8 Å². The Balaban J connectivity index is 1.32. The fraction of sp³-hybridized carbons (Fsp3) is 0.303. The lowest BCUT2D eigenvalue weighted by atomic mass is 9.82. The molecule has 0 unspecified atom stereocenters. The third-order valence-corrected chi connectivity index (χ3v) is 7.72. The molecule has 3 atom stereocenters. The molecule has 4 nitrogen and oxygen atoms in total. The van der Waals surface area contributed by atoms with Crippen LogP contribution < -0.4 is 10.1 Å². The van der Waals surface area contributed by atoms with Gasteiger partial charge in [0.2, 0.25) is 0 Å². The highest BCUT2D eigenvalue weighted by Gasteiger charge is 2.30. The van der Waals surface area contributed by atoms with Crippen LogP contribution in [0.3, 0.4) is 0 Å². The molecule has 0 amide bonds. The molecular weight excluding hydrogens is 458 g/mol. The molecule has 190 valence electrons. The summed E-state index contributed by atoms with van der Waals surface area (Å²) >= 11 is 0. The Bertz CT molecular complexity index is 1430. The topological polar surface area (TPSA) is 47.6 Å². The first kappa shape index (κ1) is 25.0. The first-order valence-electron chi connectivity index (χ1n) is 13.1. The number of nitrogens with one attached hydrogen (secondary N) is 1. The van der Waals surface area contributed by atoms with Gasteiger partial charge in [-0.2, -0.15) is 0 Å². The summed E-state index contributed by atoms with van der Waals surface area (Å²) in [5, 5.41) is 6.36. The summed E-state index contributed by atoms with van der Waals surface area (Å²) < 4.78 is 11.5. The Morgan fingerprint density at radius 1 is 0.973 bits per heavy atom. The van der Waals surface area contributed by atoms with Crippen molar-refractivity contribution in [2.75, 3.05) is 13.7 Å². The molecule has 1 N–H and O–H groups in total. The van der Waals surface area contributed by atoms with Gasteiger partial charge in [-0.05, 0) is 85.3 Å². The van der Waals surface area contributed by atoms with Crippen molar-refractivity contribution in [3.05, 3.63) is 112 Å². The maximum absolute atomic E-state index is 12.3. The Hall–Kier alpha value is -3.63. The lowest BCUT2D eigenvalue weighted by Crippen LogP contribution is -2.31. The summed E-state index contributed by atoms with van der Waals surface area (Å²) in [6.07, 6.45) is 1.84. The maximum Gasteiger partial charge on any atom is 0.338 e. The highest BCUT2D eigenvalue weighted by Crippen LogP contribution is 2.41. The molecule has 1 aliphatic rings. The largest absolute Gasteiger partial charge is 0.490 e. The van der Waals surface area contributed by atoms with Gasteiger partial charge in [0.05, 0.1) is 12.7 Å². The second-order valence-corrected chi connectivity index (χ2v) is 10.1. The zero-order valence-electron chi connectivity index (χ0n) is 22.1. The summed E-state index contributed by atoms with van der Waals surface area (Å²) in [4.78, 5) is 12.3. The molecule has 0 saturated carbocycles. The lowest BCUT2D eigenvalue weighted by molar-refractivity contribution is 0.0599. The summed E-state index contributed by atoms with van der Waals surface area (Å²) in [5.41, 5.74) is 6.48. The van der Waals surface area contributed by atoms with E-state index in [1.807, 2.05) is 25.1 Å². The molecule has 0 aliphatic carbocycles. The first-order chi connectivity index (χ1) is 18.0. The predicted molar refractivity (Wildman–Crippen MR) is 150 cm³/mol. The van der Waals surface area contributed by atoms with Crippen LogP contribution >= 0.6 is 0 Å². The van der Waals surface area contributed by atoms with Crippen LogP contribution in [0.1, 0.15) is 69.9 Å². The molecule has 1 aliphatic heterocycles. The minimum absolute atomic E-state index is 0.0808. The summed E-state index contributed by atoms with van der Waals surface area (Å²) in [7, 11) is 1.43. The van der Waals surface area contributed by atoms with E-state index in [-0.39, 0.29) is 24.0 Å². The first-order valence-corrected chi connectivity index (χ1v) is 13.1. The number of hydrogen-bond acceptors (Lipinski definition) is 4. The van der Waals surface area contributed by atoms with Gasteiger partial charge in [0, 0.05) is 17.5 Å². The number of esters is 1. The predicted octanol–water partition coefficient (Wildman–Crippen LogP) is 7.27. The van der Waals surface area contributed by atoms with Gasteiger partial charge in [0.25, 0.3) is 0 Å². The number of methoxy groups -OCH3 is 1. The molecule has 1 heterocycles. The molecule has 37 heavy (non-hydrogen) atoms. The van der Waals surface area contributed by atoms with E-state index in [1.165, 1.54) is 34.6 Å². The van der Waals surface area contributed by atoms with E-state index >= 15 is 0 Å². The fourth-order valence-electron chi connectivity index (χ4n) is 5.59. The molecule has 0 spiro atoms. The number of hydrogen-bond donors (Lipinski definition) is 1. The molecule has 4 aromatic carbocycles. The SMILES string of the molecule is COC(=O)c1cc([C@H]2C[C@@H](CCN[C@H](C)c3ccc(C)c4ccccc34)Oc3ccccc32)ccc1C. The molecular formula is C33H35NO3. The second kappa shape index (κ2) is 10.8. The zero-order valence-corrected chi connectivity index (χ0v) is 22.1. The van der Waals surface area contributed by atoms with Crippen LogP contribution in [0.4, 0.5) is 0 Å². The van der Waals surface area contributed by atoms with Crippen molar-refractivity contribution >= 4 is 16.7 Å². The van der Waals surface area contributed by atoms with Crippen LogP contribution in [-0.4, -0.2) is 25.7 Å². The monoisotopic (exact) mass is 493 g/mol. The van der Waals surface area contributed by atoms with Crippen molar-refractivity contribution < 1.29 is 14.3 Å². The Morgan fingerprint density at radius 2 is 1.70 bits per heavy atom. The Kier molecular flexibility index (Phi) is 7.29. The van der Waals surface area contributed by atoms with Gasteiger partial charge in [-0.15, -0.1) is 0 Å². The molecule has 5 rings (SSSR count). The molecule has 0 radical (unpaired) electrons. The van der Waals surface area contributed by atoms with E-state index in [0.717, 1.165) is 36.3 Å². The van der Waals surface area contributed by atoms with Gasteiger partial charge in [-0.3, -0.25) is 0 Å². The Morgan fingerprint density at radius 3 is 2.51 bits per heavy atom. The molecule has 0 fully saturated rings. The number of ether oxygens (including phenoxy) is 2. The molecule has 0 saturated heterocycles. The summed E-state index contributed by atoms with van der Waals surface area (Å²) in [5.74, 6) is 0.803. The standard InChI is InChI=1S/C33H35NO3/c1-21-14-16-27(28-10-6-5-9-26(21)28)23(3)34-18-17-25-20-31(29-11-7-8-12-32(29)37-25)24-15-13-22(2)30(19-24)33(35)36-4/h5-16,19,23,25,31,34H,17-18,20H2,1-4H3/t23-,25-,31-/m1/s1. The number of aryl methyl sites for hydroxylation is 2. The van der Waals surface area contributed by atoms with E-state index in [4.69, 9.17) is 9.47 Å². The average molecular weight is 494 g/mol. The van der Waals surface area contributed by atoms with Gasteiger partial charge in [0.1, 0.15) is 11.9 Å². The van der Waals surface area contributed by atoms with Gasteiger partial charge in [-0.1, -0.05) is 66.7 Å². The molecule has 4 aromatic rings. The summed E-state index contributed by atoms with van der Waals surface area (Å²) in [6.45, 7) is 7.20. The van der Waals surface area contributed by atoms with Crippen molar-refractivity contribution in [3.63, 3.8) is 0 Å². The second-order valence-electron chi connectivity index (χ2n) is 10.1. The van der Waals surface area contributed by atoms with Crippen molar-refractivity contribution in [2.45, 2.75) is 51.7 Å². The average Bonchev–Trinajstić information content (AvgIpc) is 2.93. The van der Waals surface area contributed by atoms with Crippen LogP contribution in [0.25, 0.3) is 10.8 Å². The minimum Gasteiger partial charge on any atom is -0.490 e. The third-order valence-electron chi connectivity index (χ3n) is 7.72. The van der Waals surface area contributed by atoms with E-state index < -0.39 is 0 Å². The van der Waals surface area contributed by atoms with Crippen LogP contribution in [0.15, 0.2) is 78.9 Å². The minimum atomic E-state index is -0.293. The van der Waals surface area contributed by atoms with Crippen LogP contribution in [0.5, 0.6) is 5.75 Å². The van der Waals surface area contributed by atoms with Crippen molar-refractivity contribution in [1.29, 1.82) is 0 Å². The van der Waals surface area contributed by atoms with Gasteiger partial charge < -0.3 is 14.8 Å². The van der Waals surface area contributed by atoms with E-state index in [1.54, 1.807) is 0 Å². The molecule has 4 heteroatoms. The van der Waals surface area contributed by atoms with E-state index in [9.17, 15) is 4.79 Å². The third kappa shape index (κ3) is 5.12. The normalized spacial score (nSPS) is 17.6. The van der Waals surface area contributed by atoms with Crippen molar-refractivity contribution in [3.8, 4) is 5.75 Å². The fourth-order valence-corrected chi connectivity index (χ4v) is 5.59. The highest BCUT2D eigenvalue weighted by atomic mass is 16.5. The van der Waals surface area contributed by atoms with E-state index in [2.05, 4.69) is 79.8 Å². The van der Waals surface area contributed by atoms with Crippen molar-refractivity contribution in [2.24, 2.45) is 0 Å². The smallest absolute Gasteiger partial charge is 0.338 e. The molecule has 0 bridgehead atoms. The van der Waals surface area contributed by atoms with Crippen LogP contribution in [-0.2, 0) is 4.74 Å². The quantitative estimate of drug-likeness (QED) is 0.275. The van der Waals surface area contributed by atoms with Gasteiger partial charge in [-0.25, -0.2) is 4.79 Å². The Labute approximate surface area is 219 Å². The number of carbonyl (C=O) groups is 1. The van der Waals surface area contributed by atoms with Gasteiger partial charge in [0.15, 0.2) is 0 Å². The highest BCUT2D eigenvalue weighted by molar-refractivity contribution is 5.91. The summed E-state index contributed by atoms with van der Waals surface area (Å²) in [6, 6.07) is 27.7. The number of carbonyl (C=O) groups excluding carboxylic acids is 1. The number of rotatable bonds is 7. The number of benzene rings is 4. The van der Waals surface area contributed by atoms with E-state index in [0.29, 0.717) is 5.56 Å². The molecule has 0 aromatic heterocycles. The number of fused-ring (bicyclic) bond motifs is 2. The lowest BCUT2D eigenvalue weighted by Gasteiger charge is -2.33. The van der Waals surface area contributed by atoms with Gasteiger partial charge >= 0.3 is 5.97 Å².